The molecule has 0 unspecified atom stereocenters. The zero-order chi connectivity index (χ0) is 24.0. The fourth-order valence-electron chi connectivity index (χ4n) is 3.32. The van der Waals surface area contributed by atoms with Crippen molar-refractivity contribution in [3.8, 4) is 17.0 Å². The van der Waals surface area contributed by atoms with Crippen molar-refractivity contribution < 1.29 is 17.9 Å². The fraction of sp³-hybridized carbons (Fsp3) is 0.120. The lowest BCUT2D eigenvalue weighted by Crippen LogP contribution is -2.23. The summed E-state index contributed by atoms with van der Waals surface area (Å²) < 4.78 is 33.3. The predicted molar refractivity (Wildman–Crippen MR) is 130 cm³/mol. The minimum Gasteiger partial charge on any atom is -0.494 e. The molecule has 4 rings (SSSR count). The van der Waals surface area contributed by atoms with Crippen molar-refractivity contribution in [1.82, 2.24) is 15.5 Å². The van der Waals surface area contributed by atoms with Gasteiger partial charge in [-0.1, -0.05) is 30.3 Å². The molecule has 0 radical (unpaired) electrons. The highest BCUT2D eigenvalue weighted by Gasteiger charge is 2.15. The first-order chi connectivity index (χ1) is 16.4. The number of nitrogens with zero attached hydrogens (tertiary/aromatic N) is 1. The van der Waals surface area contributed by atoms with Crippen LogP contribution in [0.15, 0.2) is 90.0 Å². The molecule has 0 spiro atoms. The number of carbonyl (C=O) groups is 1. The zero-order valence-electron chi connectivity index (χ0n) is 18.5. The molecular formula is C25H24N4O4S. The summed E-state index contributed by atoms with van der Waals surface area (Å²) in [4.78, 5) is 12.7. The first kappa shape index (κ1) is 23.1. The molecule has 0 atom stereocenters. The molecule has 0 saturated carbocycles. The molecule has 0 aliphatic heterocycles. The third kappa shape index (κ3) is 5.62. The largest absolute Gasteiger partial charge is 0.494 e. The number of carbonyl (C=O) groups excluding carboxylic acids is 1. The number of hydrogen-bond acceptors (Lipinski definition) is 5. The lowest BCUT2D eigenvalue weighted by atomic mass is 10.1. The summed E-state index contributed by atoms with van der Waals surface area (Å²) in [6.45, 7) is 2.69. The number of sulfonamides is 1. The van der Waals surface area contributed by atoms with Gasteiger partial charge < -0.3 is 10.1 Å². The van der Waals surface area contributed by atoms with E-state index in [1.165, 1.54) is 18.2 Å². The van der Waals surface area contributed by atoms with E-state index in [1.807, 2.05) is 37.3 Å². The smallest absolute Gasteiger partial charge is 0.261 e. The van der Waals surface area contributed by atoms with Crippen molar-refractivity contribution in [2.24, 2.45) is 0 Å². The number of amides is 1. The van der Waals surface area contributed by atoms with E-state index in [-0.39, 0.29) is 10.8 Å². The quantitative estimate of drug-likeness (QED) is 0.335. The Balaban J connectivity index is 1.39. The number of anilines is 1. The highest BCUT2D eigenvalue weighted by atomic mass is 32.2. The Morgan fingerprint density at radius 1 is 1.00 bits per heavy atom. The molecule has 0 aliphatic carbocycles. The minimum absolute atomic E-state index is 0.101. The monoisotopic (exact) mass is 476 g/mol. The van der Waals surface area contributed by atoms with Crippen molar-refractivity contribution >= 4 is 21.6 Å². The SMILES string of the molecule is CCOc1ccc(S(=O)(=O)Nc2cccc(C(=O)NCc3ccc(-c4ccn[nH]4)cc3)c2)cc1. The Kier molecular flexibility index (Phi) is 6.93. The van der Waals surface area contributed by atoms with Crippen molar-refractivity contribution in [2.45, 2.75) is 18.4 Å². The summed E-state index contributed by atoms with van der Waals surface area (Å²) >= 11 is 0. The van der Waals surface area contributed by atoms with Crippen molar-refractivity contribution in [2.75, 3.05) is 11.3 Å². The molecule has 1 aromatic heterocycles. The van der Waals surface area contributed by atoms with Gasteiger partial charge in [0.1, 0.15) is 5.75 Å². The Bertz CT molecular complexity index is 1350. The number of aromatic amines is 1. The molecular weight excluding hydrogens is 452 g/mol. The van der Waals surface area contributed by atoms with E-state index in [1.54, 1.807) is 36.5 Å². The molecule has 0 fully saturated rings. The zero-order valence-corrected chi connectivity index (χ0v) is 19.3. The van der Waals surface area contributed by atoms with Crippen LogP contribution in [0.2, 0.25) is 0 Å². The van der Waals surface area contributed by atoms with E-state index in [4.69, 9.17) is 4.74 Å². The Hall–Kier alpha value is -4.11. The number of aromatic nitrogens is 2. The van der Waals surface area contributed by atoms with Crippen LogP contribution in [0.4, 0.5) is 5.69 Å². The van der Waals surface area contributed by atoms with E-state index < -0.39 is 10.0 Å². The average molecular weight is 477 g/mol. The highest BCUT2D eigenvalue weighted by molar-refractivity contribution is 7.92. The predicted octanol–water partition coefficient (Wildman–Crippen LogP) is 4.21. The van der Waals surface area contributed by atoms with Crippen molar-refractivity contribution in [1.29, 1.82) is 0 Å². The topological polar surface area (TPSA) is 113 Å². The van der Waals surface area contributed by atoms with Gasteiger partial charge in [0, 0.05) is 24.0 Å². The maximum atomic E-state index is 12.7. The van der Waals surface area contributed by atoms with Gasteiger partial charge in [-0.2, -0.15) is 5.10 Å². The molecule has 8 nitrogen and oxygen atoms in total. The van der Waals surface area contributed by atoms with Gasteiger partial charge in [-0.05, 0) is 66.6 Å². The van der Waals surface area contributed by atoms with Crippen LogP contribution < -0.4 is 14.8 Å². The molecule has 9 heteroatoms. The van der Waals surface area contributed by atoms with E-state index in [0.717, 1.165) is 16.8 Å². The number of ether oxygens (including phenoxy) is 1. The molecule has 3 N–H and O–H groups in total. The van der Waals surface area contributed by atoms with Gasteiger partial charge in [0.05, 0.1) is 17.2 Å². The summed E-state index contributed by atoms with van der Waals surface area (Å²) in [5.41, 5.74) is 3.50. The second kappa shape index (κ2) is 10.2. The van der Waals surface area contributed by atoms with Crippen LogP contribution in [-0.2, 0) is 16.6 Å². The van der Waals surface area contributed by atoms with Gasteiger partial charge in [-0.3, -0.25) is 14.6 Å². The Labute approximate surface area is 198 Å². The number of nitrogens with one attached hydrogen (secondary N) is 3. The second-order valence-corrected chi connectivity index (χ2v) is 9.12. The fourth-order valence-corrected chi connectivity index (χ4v) is 4.37. The summed E-state index contributed by atoms with van der Waals surface area (Å²) in [5.74, 6) is 0.288. The third-order valence-electron chi connectivity index (χ3n) is 5.04. The molecule has 3 aromatic carbocycles. The average Bonchev–Trinajstić information content (AvgIpc) is 3.38. The molecule has 0 aliphatic rings. The van der Waals surface area contributed by atoms with Gasteiger partial charge in [0.2, 0.25) is 0 Å². The van der Waals surface area contributed by atoms with Gasteiger partial charge in [0.15, 0.2) is 0 Å². The number of hydrogen-bond donors (Lipinski definition) is 3. The van der Waals surface area contributed by atoms with Crippen LogP contribution in [0.5, 0.6) is 5.75 Å². The van der Waals surface area contributed by atoms with E-state index in [2.05, 4.69) is 20.2 Å². The Morgan fingerprint density at radius 2 is 1.76 bits per heavy atom. The van der Waals surface area contributed by atoms with Gasteiger partial charge in [-0.25, -0.2) is 8.42 Å². The number of rotatable bonds is 9. The number of H-pyrrole nitrogens is 1. The summed E-state index contributed by atoms with van der Waals surface area (Å²) in [7, 11) is -3.81. The lowest BCUT2D eigenvalue weighted by molar-refractivity contribution is 0.0951. The van der Waals surface area contributed by atoms with Crippen molar-refractivity contribution in [3.05, 3.63) is 96.2 Å². The Morgan fingerprint density at radius 3 is 2.44 bits per heavy atom. The first-order valence-corrected chi connectivity index (χ1v) is 12.2. The molecule has 34 heavy (non-hydrogen) atoms. The van der Waals surface area contributed by atoms with Gasteiger partial charge in [-0.15, -0.1) is 0 Å². The molecule has 0 saturated heterocycles. The van der Waals surface area contributed by atoms with Crippen molar-refractivity contribution in [3.63, 3.8) is 0 Å². The van der Waals surface area contributed by atoms with Crippen LogP contribution in [0.1, 0.15) is 22.8 Å². The molecule has 4 aromatic rings. The first-order valence-electron chi connectivity index (χ1n) is 10.7. The summed E-state index contributed by atoms with van der Waals surface area (Å²) in [5, 5.41) is 9.71. The maximum Gasteiger partial charge on any atom is 0.261 e. The molecule has 1 heterocycles. The van der Waals surface area contributed by atoms with Crippen LogP contribution in [0.3, 0.4) is 0 Å². The van der Waals surface area contributed by atoms with Gasteiger partial charge in [0.25, 0.3) is 15.9 Å². The number of benzene rings is 3. The second-order valence-electron chi connectivity index (χ2n) is 7.44. The van der Waals surface area contributed by atoms with Crippen LogP contribution in [0, 0.1) is 0 Å². The van der Waals surface area contributed by atoms with Crippen LogP contribution in [-0.4, -0.2) is 31.1 Å². The summed E-state index contributed by atoms with van der Waals surface area (Å²) in [6, 6.07) is 22.1. The maximum absolute atomic E-state index is 12.7. The molecule has 174 valence electrons. The third-order valence-corrected chi connectivity index (χ3v) is 6.44. The van der Waals surface area contributed by atoms with E-state index in [0.29, 0.717) is 30.2 Å². The molecule has 1 amide bonds. The van der Waals surface area contributed by atoms with E-state index in [9.17, 15) is 13.2 Å². The van der Waals surface area contributed by atoms with Crippen LogP contribution >= 0.6 is 0 Å². The lowest BCUT2D eigenvalue weighted by Gasteiger charge is -2.11. The van der Waals surface area contributed by atoms with Gasteiger partial charge >= 0.3 is 0 Å². The highest BCUT2D eigenvalue weighted by Crippen LogP contribution is 2.20. The standard InChI is InChI=1S/C25H24N4O4S/c1-2-33-22-10-12-23(13-11-22)34(31,32)29-21-5-3-4-20(16-21)25(30)26-17-18-6-8-19(9-7-18)24-14-15-27-28-24/h3-16,29H,2,17H2,1H3,(H,26,30)(H,27,28). The minimum atomic E-state index is -3.81. The normalized spacial score (nSPS) is 11.1. The van der Waals surface area contributed by atoms with Crippen LogP contribution in [0.25, 0.3) is 11.3 Å². The van der Waals surface area contributed by atoms with E-state index >= 15 is 0 Å². The molecule has 0 bridgehead atoms. The summed E-state index contributed by atoms with van der Waals surface area (Å²) in [6.07, 6.45) is 1.69.